The molecule has 0 aliphatic heterocycles. The lowest BCUT2D eigenvalue weighted by Gasteiger charge is -1.94. The molecule has 0 bridgehead atoms. The van der Waals surface area contributed by atoms with Gasteiger partial charge in [-0.2, -0.15) is 0 Å². The number of halogens is 1. The van der Waals surface area contributed by atoms with Crippen LogP contribution in [0.3, 0.4) is 0 Å². The SMILES string of the molecule is O=C(O)c1cncc(C=CCBr)c1. The minimum atomic E-state index is -0.957. The maximum absolute atomic E-state index is 10.6. The largest absolute Gasteiger partial charge is 0.478 e. The molecular formula is C9H8BrNO2. The summed E-state index contributed by atoms with van der Waals surface area (Å²) in [7, 11) is 0. The smallest absolute Gasteiger partial charge is 0.337 e. The van der Waals surface area contributed by atoms with E-state index in [1.165, 1.54) is 6.20 Å². The lowest BCUT2D eigenvalue weighted by Crippen LogP contribution is -1.96. The van der Waals surface area contributed by atoms with E-state index < -0.39 is 5.97 Å². The van der Waals surface area contributed by atoms with E-state index in [0.717, 1.165) is 10.9 Å². The van der Waals surface area contributed by atoms with Crippen molar-refractivity contribution in [3.05, 3.63) is 35.7 Å². The third-order valence-corrected chi connectivity index (χ3v) is 1.78. The van der Waals surface area contributed by atoms with Gasteiger partial charge in [0.2, 0.25) is 0 Å². The number of aromatic carboxylic acids is 1. The summed E-state index contributed by atoms with van der Waals surface area (Å²) in [5, 5.41) is 9.40. The monoisotopic (exact) mass is 241 g/mol. The van der Waals surface area contributed by atoms with E-state index in [9.17, 15) is 4.79 Å². The average molecular weight is 242 g/mol. The van der Waals surface area contributed by atoms with Gasteiger partial charge in [0.25, 0.3) is 0 Å². The van der Waals surface area contributed by atoms with Crippen LogP contribution in [0.2, 0.25) is 0 Å². The second-order valence-electron chi connectivity index (χ2n) is 2.37. The van der Waals surface area contributed by atoms with Crippen LogP contribution in [0.4, 0.5) is 0 Å². The second-order valence-corrected chi connectivity index (χ2v) is 3.02. The Balaban J connectivity index is 2.92. The van der Waals surface area contributed by atoms with Gasteiger partial charge in [0.15, 0.2) is 0 Å². The maximum Gasteiger partial charge on any atom is 0.337 e. The Morgan fingerprint density at radius 2 is 2.38 bits per heavy atom. The van der Waals surface area contributed by atoms with Gasteiger partial charge in [-0.25, -0.2) is 4.79 Å². The number of rotatable bonds is 3. The molecule has 0 amide bonds. The van der Waals surface area contributed by atoms with Crippen LogP contribution in [0.5, 0.6) is 0 Å². The van der Waals surface area contributed by atoms with E-state index in [4.69, 9.17) is 5.11 Å². The fraction of sp³-hybridized carbons (Fsp3) is 0.111. The van der Waals surface area contributed by atoms with Crippen molar-refractivity contribution in [1.82, 2.24) is 4.98 Å². The number of alkyl halides is 1. The number of hydrogen-bond acceptors (Lipinski definition) is 2. The zero-order chi connectivity index (χ0) is 9.68. The van der Waals surface area contributed by atoms with Crippen LogP contribution in [-0.4, -0.2) is 21.4 Å². The Morgan fingerprint density at radius 1 is 1.62 bits per heavy atom. The zero-order valence-corrected chi connectivity index (χ0v) is 8.36. The first-order chi connectivity index (χ1) is 6.24. The predicted molar refractivity (Wildman–Crippen MR) is 54.0 cm³/mol. The summed E-state index contributed by atoms with van der Waals surface area (Å²) in [5.41, 5.74) is 0.996. The van der Waals surface area contributed by atoms with Crippen molar-refractivity contribution in [3.8, 4) is 0 Å². The van der Waals surface area contributed by atoms with E-state index in [2.05, 4.69) is 20.9 Å². The topological polar surface area (TPSA) is 50.2 Å². The van der Waals surface area contributed by atoms with Crippen molar-refractivity contribution in [2.45, 2.75) is 0 Å². The third kappa shape index (κ3) is 2.99. The molecule has 3 nitrogen and oxygen atoms in total. The van der Waals surface area contributed by atoms with Crippen molar-refractivity contribution >= 4 is 28.0 Å². The highest BCUT2D eigenvalue weighted by atomic mass is 79.9. The Labute approximate surface area is 84.2 Å². The quantitative estimate of drug-likeness (QED) is 0.826. The lowest BCUT2D eigenvalue weighted by atomic mass is 10.2. The van der Waals surface area contributed by atoms with Crippen LogP contribution in [-0.2, 0) is 0 Å². The van der Waals surface area contributed by atoms with Crippen LogP contribution in [0.15, 0.2) is 24.5 Å². The molecule has 1 N–H and O–H groups in total. The number of nitrogens with zero attached hydrogens (tertiary/aromatic N) is 1. The first kappa shape index (κ1) is 9.92. The third-order valence-electron chi connectivity index (χ3n) is 1.41. The molecule has 1 aromatic rings. The Bertz CT molecular complexity index is 336. The van der Waals surface area contributed by atoms with Crippen molar-refractivity contribution in [3.63, 3.8) is 0 Å². The Morgan fingerprint density at radius 3 is 3.00 bits per heavy atom. The molecule has 0 aliphatic carbocycles. The minimum Gasteiger partial charge on any atom is -0.478 e. The fourth-order valence-corrected chi connectivity index (χ4v) is 1.03. The molecule has 4 heteroatoms. The van der Waals surface area contributed by atoms with Gasteiger partial charge in [0.05, 0.1) is 5.56 Å². The van der Waals surface area contributed by atoms with E-state index >= 15 is 0 Å². The number of carbonyl (C=O) groups is 1. The van der Waals surface area contributed by atoms with Crippen LogP contribution in [0.1, 0.15) is 15.9 Å². The lowest BCUT2D eigenvalue weighted by molar-refractivity contribution is 0.0696. The molecule has 13 heavy (non-hydrogen) atoms. The molecule has 0 fully saturated rings. The average Bonchev–Trinajstić information content (AvgIpc) is 2.15. The maximum atomic E-state index is 10.6. The summed E-state index contributed by atoms with van der Waals surface area (Å²) in [6.45, 7) is 0. The van der Waals surface area contributed by atoms with E-state index in [1.807, 2.05) is 12.2 Å². The molecule has 0 saturated carbocycles. The predicted octanol–water partition coefficient (Wildman–Crippen LogP) is 2.19. The van der Waals surface area contributed by atoms with Crippen LogP contribution in [0, 0.1) is 0 Å². The molecule has 1 rings (SSSR count). The van der Waals surface area contributed by atoms with Crippen LogP contribution >= 0.6 is 15.9 Å². The molecule has 0 spiro atoms. The molecule has 0 unspecified atom stereocenters. The number of hydrogen-bond donors (Lipinski definition) is 1. The minimum absolute atomic E-state index is 0.205. The summed E-state index contributed by atoms with van der Waals surface area (Å²) in [6, 6.07) is 1.58. The van der Waals surface area contributed by atoms with Crippen molar-refractivity contribution in [1.29, 1.82) is 0 Å². The van der Waals surface area contributed by atoms with E-state index in [1.54, 1.807) is 12.3 Å². The molecule has 0 radical (unpaired) electrons. The van der Waals surface area contributed by atoms with Gasteiger partial charge < -0.3 is 5.11 Å². The molecule has 0 aromatic carbocycles. The summed E-state index contributed by atoms with van der Waals surface area (Å²) >= 11 is 3.23. The summed E-state index contributed by atoms with van der Waals surface area (Å²) in [6.07, 6.45) is 6.64. The number of aromatic nitrogens is 1. The molecule has 0 atom stereocenters. The molecule has 0 saturated heterocycles. The number of carboxylic acid groups (broad SMARTS) is 1. The molecule has 0 aliphatic rings. The van der Waals surface area contributed by atoms with Gasteiger partial charge in [0.1, 0.15) is 0 Å². The number of pyridine rings is 1. The van der Waals surface area contributed by atoms with Gasteiger partial charge in [-0.3, -0.25) is 4.98 Å². The van der Waals surface area contributed by atoms with Crippen molar-refractivity contribution in [2.24, 2.45) is 0 Å². The molecular weight excluding hydrogens is 234 g/mol. The van der Waals surface area contributed by atoms with Gasteiger partial charge in [-0.15, -0.1) is 0 Å². The van der Waals surface area contributed by atoms with Crippen molar-refractivity contribution < 1.29 is 9.90 Å². The van der Waals surface area contributed by atoms with Crippen LogP contribution < -0.4 is 0 Å². The first-order valence-electron chi connectivity index (χ1n) is 3.65. The summed E-state index contributed by atoms with van der Waals surface area (Å²) < 4.78 is 0. The number of carboxylic acids is 1. The van der Waals surface area contributed by atoms with E-state index in [0.29, 0.717) is 0 Å². The first-order valence-corrected chi connectivity index (χ1v) is 4.77. The highest BCUT2D eigenvalue weighted by Gasteiger charge is 2.01. The Hall–Kier alpha value is -1.16. The van der Waals surface area contributed by atoms with Gasteiger partial charge >= 0.3 is 5.97 Å². The zero-order valence-electron chi connectivity index (χ0n) is 6.77. The highest BCUT2D eigenvalue weighted by Crippen LogP contribution is 2.04. The molecule has 1 heterocycles. The van der Waals surface area contributed by atoms with Crippen molar-refractivity contribution in [2.75, 3.05) is 5.33 Å². The fourth-order valence-electron chi connectivity index (χ4n) is 0.846. The van der Waals surface area contributed by atoms with Gasteiger partial charge in [-0.05, 0) is 11.6 Å². The van der Waals surface area contributed by atoms with E-state index in [-0.39, 0.29) is 5.56 Å². The normalized spacial score (nSPS) is 10.5. The van der Waals surface area contributed by atoms with Crippen LogP contribution in [0.25, 0.3) is 6.08 Å². The van der Waals surface area contributed by atoms with Gasteiger partial charge in [-0.1, -0.05) is 28.1 Å². The highest BCUT2D eigenvalue weighted by molar-refractivity contribution is 9.09. The number of allylic oxidation sites excluding steroid dienone is 1. The second kappa shape index (κ2) is 4.77. The summed E-state index contributed by atoms with van der Waals surface area (Å²) in [5.74, 6) is -0.957. The van der Waals surface area contributed by atoms with Gasteiger partial charge in [0, 0.05) is 17.7 Å². The standard InChI is InChI=1S/C9H8BrNO2/c10-3-1-2-7-4-8(9(12)13)6-11-5-7/h1-2,4-6H,3H2,(H,12,13). The molecule has 68 valence electrons. The Kier molecular flexibility index (Phi) is 3.64. The summed E-state index contributed by atoms with van der Waals surface area (Å²) in [4.78, 5) is 14.4. The molecule has 1 aromatic heterocycles.